The Balaban J connectivity index is 2.51. The number of rotatable bonds is 3. The number of nitrogens with zero attached hydrogens (tertiary/aromatic N) is 1. The van der Waals surface area contributed by atoms with Gasteiger partial charge >= 0.3 is 0 Å². The maximum Gasteiger partial charge on any atom is 0.149 e. The first-order valence-electron chi connectivity index (χ1n) is 5.23. The summed E-state index contributed by atoms with van der Waals surface area (Å²) in [6, 6.07) is 0.131. The van der Waals surface area contributed by atoms with Crippen LogP contribution in [0.3, 0.4) is 0 Å². The normalized spacial score (nSPS) is 24.6. The van der Waals surface area contributed by atoms with Gasteiger partial charge in [-0.25, -0.2) is 0 Å². The van der Waals surface area contributed by atoms with E-state index in [0.717, 1.165) is 13.1 Å². The van der Waals surface area contributed by atoms with Gasteiger partial charge in [-0.15, -0.1) is 0 Å². The van der Waals surface area contributed by atoms with E-state index >= 15 is 0 Å². The number of carbonyl (C=O) groups excluding carboxylic acids is 1. The van der Waals surface area contributed by atoms with Crippen LogP contribution in [0.15, 0.2) is 0 Å². The van der Waals surface area contributed by atoms with E-state index in [1.807, 2.05) is 13.8 Å². The Morgan fingerprint density at radius 3 is 2.54 bits per heavy atom. The summed E-state index contributed by atoms with van der Waals surface area (Å²) in [5, 5.41) is 0. The Kier molecular flexibility index (Phi) is 3.12. The van der Waals surface area contributed by atoms with Crippen molar-refractivity contribution in [2.45, 2.75) is 46.6 Å². The van der Waals surface area contributed by atoms with Crippen molar-refractivity contribution in [3.8, 4) is 0 Å². The average molecular weight is 183 g/mol. The quantitative estimate of drug-likeness (QED) is 0.667. The largest absolute Gasteiger partial charge is 0.298 e. The van der Waals surface area contributed by atoms with Gasteiger partial charge in [-0.2, -0.15) is 0 Å². The smallest absolute Gasteiger partial charge is 0.149 e. The lowest BCUT2D eigenvalue weighted by molar-refractivity contribution is -0.123. The highest BCUT2D eigenvalue weighted by Crippen LogP contribution is 2.30. The maximum absolute atomic E-state index is 11.5. The molecule has 0 N–H and O–H groups in total. The maximum atomic E-state index is 11.5. The summed E-state index contributed by atoms with van der Waals surface area (Å²) < 4.78 is 0. The molecule has 0 aromatic rings. The van der Waals surface area contributed by atoms with Crippen LogP contribution in [0, 0.1) is 5.41 Å². The van der Waals surface area contributed by atoms with Crippen LogP contribution in [-0.2, 0) is 4.79 Å². The van der Waals surface area contributed by atoms with Gasteiger partial charge in [0.15, 0.2) is 0 Å². The Labute approximate surface area is 81.3 Å². The van der Waals surface area contributed by atoms with E-state index in [0.29, 0.717) is 17.6 Å². The molecule has 2 heteroatoms. The zero-order valence-electron chi connectivity index (χ0n) is 9.26. The van der Waals surface area contributed by atoms with E-state index in [1.54, 1.807) is 0 Å². The minimum atomic E-state index is 0.131. The molecule has 1 saturated heterocycles. The highest BCUT2D eigenvalue weighted by atomic mass is 16.1. The second-order valence-electron chi connectivity index (χ2n) is 4.88. The third kappa shape index (κ3) is 2.53. The first kappa shape index (κ1) is 10.7. The number of Topliss-reactive ketones (excluding diaryl/α,β-unsaturated/α-hetero) is 1. The molecule has 0 bridgehead atoms. The summed E-state index contributed by atoms with van der Waals surface area (Å²) in [6.07, 6.45) is 1.88. The average Bonchev–Trinajstić information content (AvgIpc) is 2.43. The Hall–Kier alpha value is -0.370. The van der Waals surface area contributed by atoms with Gasteiger partial charge in [-0.3, -0.25) is 9.69 Å². The van der Waals surface area contributed by atoms with E-state index in [2.05, 4.69) is 18.7 Å². The van der Waals surface area contributed by atoms with Crippen LogP contribution >= 0.6 is 0 Å². The molecule has 0 radical (unpaired) electrons. The Morgan fingerprint density at radius 1 is 1.54 bits per heavy atom. The fraction of sp³-hybridized carbons (Fsp3) is 0.909. The van der Waals surface area contributed by atoms with Crippen molar-refractivity contribution in [3.05, 3.63) is 0 Å². The standard InChI is InChI=1S/C11H21NO/c1-5-10(13)9(2)12-7-6-11(3,4)8-12/h9H,5-8H2,1-4H3. The number of hydrogen-bond donors (Lipinski definition) is 0. The second-order valence-corrected chi connectivity index (χ2v) is 4.88. The fourth-order valence-corrected chi connectivity index (χ4v) is 1.98. The first-order valence-corrected chi connectivity index (χ1v) is 5.23. The summed E-state index contributed by atoms with van der Waals surface area (Å²) in [7, 11) is 0. The predicted octanol–water partition coefficient (Wildman–Crippen LogP) is 2.09. The van der Waals surface area contributed by atoms with Gasteiger partial charge in [-0.05, 0) is 25.3 Å². The van der Waals surface area contributed by atoms with Crippen molar-refractivity contribution in [2.75, 3.05) is 13.1 Å². The van der Waals surface area contributed by atoms with Crippen LogP contribution in [0.1, 0.15) is 40.5 Å². The topological polar surface area (TPSA) is 20.3 Å². The highest BCUT2D eigenvalue weighted by molar-refractivity contribution is 5.83. The van der Waals surface area contributed by atoms with Crippen LogP contribution < -0.4 is 0 Å². The van der Waals surface area contributed by atoms with Crippen molar-refractivity contribution in [1.82, 2.24) is 4.90 Å². The molecule has 0 spiro atoms. The van der Waals surface area contributed by atoms with Gasteiger partial charge in [0, 0.05) is 13.0 Å². The van der Waals surface area contributed by atoms with E-state index < -0.39 is 0 Å². The summed E-state index contributed by atoms with van der Waals surface area (Å²) in [6.45, 7) is 10.7. The van der Waals surface area contributed by atoms with E-state index in [9.17, 15) is 4.79 Å². The van der Waals surface area contributed by atoms with Crippen LogP contribution in [-0.4, -0.2) is 29.8 Å². The molecule has 2 nitrogen and oxygen atoms in total. The molecule has 0 aromatic heterocycles. The zero-order chi connectivity index (χ0) is 10.1. The van der Waals surface area contributed by atoms with Crippen molar-refractivity contribution >= 4 is 5.78 Å². The van der Waals surface area contributed by atoms with Gasteiger partial charge in [-0.1, -0.05) is 20.8 Å². The lowest BCUT2D eigenvalue weighted by Crippen LogP contribution is -2.37. The van der Waals surface area contributed by atoms with Crippen LogP contribution in [0.4, 0.5) is 0 Å². The minimum absolute atomic E-state index is 0.131. The number of carbonyl (C=O) groups is 1. The van der Waals surface area contributed by atoms with Crippen LogP contribution in [0.25, 0.3) is 0 Å². The molecule has 1 rings (SSSR count). The summed E-state index contributed by atoms with van der Waals surface area (Å²) in [5.74, 6) is 0.373. The van der Waals surface area contributed by atoms with Gasteiger partial charge in [0.2, 0.25) is 0 Å². The molecule has 0 aromatic carbocycles. The molecule has 1 unspecified atom stereocenters. The third-order valence-electron chi connectivity index (χ3n) is 3.07. The molecule has 13 heavy (non-hydrogen) atoms. The minimum Gasteiger partial charge on any atom is -0.298 e. The second kappa shape index (κ2) is 3.79. The number of likely N-dealkylation sites (tertiary alicyclic amines) is 1. The van der Waals surface area contributed by atoms with Crippen molar-refractivity contribution in [2.24, 2.45) is 5.41 Å². The molecule has 0 amide bonds. The van der Waals surface area contributed by atoms with E-state index in [4.69, 9.17) is 0 Å². The molecule has 1 aliphatic rings. The van der Waals surface area contributed by atoms with Gasteiger partial charge in [0.1, 0.15) is 5.78 Å². The fourth-order valence-electron chi connectivity index (χ4n) is 1.98. The lowest BCUT2D eigenvalue weighted by atomic mass is 9.93. The molecule has 1 heterocycles. The lowest BCUT2D eigenvalue weighted by Gasteiger charge is -2.24. The SMILES string of the molecule is CCC(=O)C(C)N1CCC(C)(C)C1. The summed E-state index contributed by atoms with van der Waals surface area (Å²) in [5.41, 5.74) is 0.405. The van der Waals surface area contributed by atoms with E-state index in [-0.39, 0.29) is 6.04 Å². The zero-order valence-corrected chi connectivity index (χ0v) is 9.26. The molecule has 1 aliphatic heterocycles. The summed E-state index contributed by atoms with van der Waals surface area (Å²) >= 11 is 0. The van der Waals surface area contributed by atoms with E-state index in [1.165, 1.54) is 6.42 Å². The van der Waals surface area contributed by atoms with Crippen molar-refractivity contribution in [3.63, 3.8) is 0 Å². The van der Waals surface area contributed by atoms with Gasteiger partial charge < -0.3 is 0 Å². The molecule has 76 valence electrons. The molecule has 1 fully saturated rings. The number of hydrogen-bond acceptors (Lipinski definition) is 2. The van der Waals surface area contributed by atoms with Gasteiger partial charge in [0.25, 0.3) is 0 Å². The first-order chi connectivity index (χ1) is 5.96. The highest BCUT2D eigenvalue weighted by Gasteiger charge is 2.33. The van der Waals surface area contributed by atoms with Crippen molar-refractivity contribution in [1.29, 1.82) is 0 Å². The van der Waals surface area contributed by atoms with Gasteiger partial charge in [0.05, 0.1) is 6.04 Å². The van der Waals surface area contributed by atoms with Crippen LogP contribution in [0.2, 0.25) is 0 Å². The summed E-state index contributed by atoms with van der Waals surface area (Å²) in [4.78, 5) is 13.8. The predicted molar refractivity (Wildman–Crippen MR) is 54.7 cm³/mol. The molecule has 1 atom stereocenters. The molecular weight excluding hydrogens is 162 g/mol. The molecular formula is C11H21NO. The Morgan fingerprint density at radius 2 is 2.15 bits per heavy atom. The monoisotopic (exact) mass is 183 g/mol. The van der Waals surface area contributed by atoms with Crippen LogP contribution in [0.5, 0.6) is 0 Å². The molecule has 0 aliphatic carbocycles. The molecule has 0 saturated carbocycles. The Bertz CT molecular complexity index is 198. The third-order valence-corrected chi connectivity index (χ3v) is 3.07. The number of ketones is 1. The van der Waals surface area contributed by atoms with Crippen molar-refractivity contribution < 1.29 is 4.79 Å².